The van der Waals surface area contributed by atoms with E-state index >= 15 is 0 Å². The van der Waals surface area contributed by atoms with Gasteiger partial charge in [0.25, 0.3) is 0 Å². The maximum Gasteiger partial charge on any atom is 0.221 e. The molecule has 0 saturated carbocycles. The van der Waals surface area contributed by atoms with Crippen molar-refractivity contribution in [1.82, 2.24) is 15.5 Å². The van der Waals surface area contributed by atoms with Crippen molar-refractivity contribution in [2.75, 3.05) is 32.8 Å². The maximum atomic E-state index is 12.2. The first-order valence-electron chi connectivity index (χ1n) is 9.26. The Morgan fingerprint density at radius 2 is 2.04 bits per heavy atom. The number of carbonyl (C=O) groups excluding carboxylic acids is 1. The molecule has 6 nitrogen and oxygen atoms in total. The van der Waals surface area contributed by atoms with E-state index in [4.69, 9.17) is 4.74 Å². The lowest BCUT2D eigenvalue weighted by molar-refractivity contribution is -0.122. The molecule has 25 heavy (non-hydrogen) atoms. The van der Waals surface area contributed by atoms with Crippen LogP contribution in [0.3, 0.4) is 0 Å². The molecule has 2 aliphatic heterocycles. The Bertz CT molecular complexity index is 553. The molecule has 0 radical (unpaired) electrons. The van der Waals surface area contributed by atoms with Gasteiger partial charge < -0.3 is 20.5 Å². The zero-order valence-corrected chi connectivity index (χ0v) is 14.7. The number of morpholine rings is 1. The van der Waals surface area contributed by atoms with E-state index in [1.807, 2.05) is 12.1 Å². The van der Waals surface area contributed by atoms with Gasteiger partial charge >= 0.3 is 0 Å². The Kier molecular flexibility index (Phi) is 6.81. The summed E-state index contributed by atoms with van der Waals surface area (Å²) in [6.45, 7) is 5.41. The topological polar surface area (TPSA) is 73.8 Å². The highest BCUT2D eigenvalue weighted by molar-refractivity contribution is 5.76. The van der Waals surface area contributed by atoms with E-state index in [1.54, 1.807) is 0 Å². The lowest BCUT2D eigenvalue weighted by atomic mass is 10.0. The molecule has 3 rings (SSSR count). The number of likely N-dealkylation sites (tertiary alicyclic amines) is 1. The number of aliphatic hydroxyl groups is 1. The number of aliphatic hydroxyl groups excluding tert-OH is 1. The van der Waals surface area contributed by atoms with Crippen LogP contribution in [0.5, 0.6) is 0 Å². The quantitative estimate of drug-likeness (QED) is 0.704. The van der Waals surface area contributed by atoms with Gasteiger partial charge in [-0.05, 0) is 24.0 Å². The molecule has 0 bridgehead atoms. The molecular formula is C19H29N3O3. The molecule has 2 heterocycles. The molecule has 2 saturated heterocycles. The molecule has 0 spiro atoms. The minimum Gasteiger partial charge on any atom is -0.393 e. The summed E-state index contributed by atoms with van der Waals surface area (Å²) in [5.41, 5.74) is 2.41. The van der Waals surface area contributed by atoms with Gasteiger partial charge in [0, 0.05) is 45.2 Å². The number of benzene rings is 1. The van der Waals surface area contributed by atoms with Crippen molar-refractivity contribution in [3.63, 3.8) is 0 Å². The monoisotopic (exact) mass is 347 g/mol. The van der Waals surface area contributed by atoms with Crippen LogP contribution >= 0.6 is 0 Å². The third kappa shape index (κ3) is 5.78. The van der Waals surface area contributed by atoms with Gasteiger partial charge in [0.2, 0.25) is 5.91 Å². The molecule has 2 aliphatic rings. The summed E-state index contributed by atoms with van der Waals surface area (Å²) in [5.74, 6) is 0.0545. The Labute approximate surface area is 149 Å². The highest BCUT2D eigenvalue weighted by Gasteiger charge is 2.19. The molecular weight excluding hydrogens is 318 g/mol. The van der Waals surface area contributed by atoms with E-state index in [0.717, 1.165) is 51.2 Å². The van der Waals surface area contributed by atoms with Gasteiger partial charge in [-0.25, -0.2) is 0 Å². The summed E-state index contributed by atoms with van der Waals surface area (Å²) >= 11 is 0. The van der Waals surface area contributed by atoms with Gasteiger partial charge in [-0.1, -0.05) is 24.3 Å². The van der Waals surface area contributed by atoms with Crippen molar-refractivity contribution in [3.8, 4) is 0 Å². The lowest BCUT2D eigenvalue weighted by Gasteiger charge is -2.30. The summed E-state index contributed by atoms with van der Waals surface area (Å²) in [7, 11) is 0. The summed E-state index contributed by atoms with van der Waals surface area (Å²) in [4.78, 5) is 14.5. The van der Waals surface area contributed by atoms with Crippen LogP contribution in [-0.2, 0) is 22.6 Å². The van der Waals surface area contributed by atoms with Crippen LogP contribution in [0.2, 0.25) is 0 Å². The summed E-state index contributed by atoms with van der Waals surface area (Å²) in [6.07, 6.45) is 1.99. The zero-order chi connectivity index (χ0) is 17.5. The minimum absolute atomic E-state index is 0.0545. The van der Waals surface area contributed by atoms with Crippen LogP contribution in [0.15, 0.2) is 24.3 Å². The fourth-order valence-corrected chi connectivity index (χ4v) is 3.44. The largest absolute Gasteiger partial charge is 0.393 e. The van der Waals surface area contributed by atoms with Gasteiger partial charge in [-0.2, -0.15) is 0 Å². The van der Waals surface area contributed by atoms with E-state index in [-0.39, 0.29) is 18.1 Å². The highest BCUT2D eigenvalue weighted by atomic mass is 16.5. The Hall–Kier alpha value is -1.47. The molecule has 1 aromatic carbocycles. The first-order chi connectivity index (χ1) is 12.2. The molecule has 1 atom stereocenters. The van der Waals surface area contributed by atoms with Crippen molar-refractivity contribution < 1.29 is 14.6 Å². The standard InChI is InChI=1S/C19H29N3O3/c23-18-5-8-22(9-6-18)13-16-4-2-1-3-15(16)12-21-19(24)11-17-14-25-10-7-20-17/h1-4,17-18,20,23H,5-14H2,(H,21,24). The van der Waals surface area contributed by atoms with Crippen LogP contribution in [0.25, 0.3) is 0 Å². The molecule has 1 unspecified atom stereocenters. The number of carbonyl (C=O) groups is 1. The van der Waals surface area contributed by atoms with E-state index in [0.29, 0.717) is 19.6 Å². The number of hydrogen-bond donors (Lipinski definition) is 3. The maximum absolute atomic E-state index is 12.2. The van der Waals surface area contributed by atoms with Crippen LogP contribution in [-0.4, -0.2) is 60.9 Å². The van der Waals surface area contributed by atoms with Crippen LogP contribution < -0.4 is 10.6 Å². The number of nitrogens with one attached hydrogen (secondary N) is 2. The van der Waals surface area contributed by atoms with Crippen LogP contribution in [0.1, 0.15) is 30.4 Å². The average molecular weight is 347 g/mol. The molecule has 138 valence electrons. The molecule has 1 aromatic rings. The molecule has 3 N–H and O–H groups in total. The number of hydrogen-bond acceptors (Lipinski definition) is 5. The van der Waals surface area contributed by atoms with E-state index in [9.17, 15) is 9.90 Å². The SMILES string of the molecule is O=C(CC1COCCN1)NCc1ccccc1CN1CCC(O)CC1. The van der Waals surface area contributed by atoms with Crippen LogP contribution in [0, 0.1) is 0 Å². The number of ether oxygens (including phenoxy) is 1. The molecule has 0 aromatic heterocycles. The fraction of sp³-hybridized carbons (Fsp3) is 0.632. The van der Waals surface area contributed by atoms with Crippen molar-refractivity contribution in [2.45, 2.75) is 44.5 Å². The number of rotatable bonds is 6. The second kappa shape index (κ2) is 9.29. The smallest absolute Gasteiger partial charge is 0.221 e. The summed E-state index contributed by atoms with van der Waals surface area (Å²) in [5, 5.41) is 16.0. The van der Waals surface area contributed by atoms with Crippen molar-refractivity contribution in [3.05, 3.63) is 35.4 Å². The number of piperidine rings is 1. The first kappa shape index (κ1) is 18.3. The normalized spacial score (nSPS) is 22.7. The van der Waals surface area contributed by atoms with Gasteiger partial charge in [-0.15, -0.1) is 0 Å². The average Bonchev–Trinajstić information content (AvgIpc) is 2.64. The van der Waals surface area contributed by atoms with Gasteiger partial charge in [0.05, 0.1) is 19.3 Å². The van der Waals surface area contributed by atoms with Gasteiger partial charge in [0.1, 0.15) is 0 Å². The zero-order valence-electron chi connectivity index (χ0n) is 14.7. The molecule has 2 fully saturated rings. The highest BCUT2D eigenvalue weighted by Crippen LogP contribution is 2.16. The Balaban J connectivity index is 1.49. The van der Waals surface area contributed by atoms with Gasteiger partial charge in [-0.3, -0.25) is 9.69 Å². The van der Waals surface area contributed by atoms with Crippen molar-refractivity contribution >= 4 is 5.91 Å². The van der Waals surface area contributed by atoms with Gasteiger partial charge in [0.15, 0.2) is 0 Å². The Morgan fingerprint density at radius 1 is 1.28 bits per heavy atom. The van der Waals surface area contributed by atoms with Crippen molar-refractivity contribution in [1.29, 1.82) is 0 Å². The number of nitrogens with zero attached hydrogens (tertiary/aromatic N) is 1. The second-order valence-corrected chi connectivity index (χ2v) is 6.98. The second-order valence-electron chi connectivity index (χ2n) is 6.98. The third-order valence-corrected chi connectivity index (χ3v) is 4.98. The minimum atomic E-state index is -0.150. The van der Waals surface area contributed by atoms with E-state index in [1.165, 1.54) is 5.56 Å². The van der Waals surface area contributed by atoms with E-state index < -0.39 is 0 Å². The summed E-state index contributed by atoms with van der Waals surface area (Å²) < 4.78 is 5.39. The third-order valence-electron chi connectivity index (χ3n) is 4.98. The summed E-state index contributed by atoms with van der Waals surface area (Å²) in [6, 6.07) is 8.38. The molecule has 1 amide bonds. The predicted molar refractivity (Wildman–Crippen MR) is 96.0 cm³/mol. The first-order valence-corrected chi connectivity index (χ1v) is 9.26. The Morgan fingerprint density at radius 3 is 2.76 bits per heavy atom. The van der Waals surface area contributed by atoms with Crippen LogP contribution in [0.4, 0.5) is 0 Å². The predicted octanol–water partition coefficient (Wildman–Crippen LogP) is 0.638. The number of amides is 1. The van der Waals surface area contributed by atoms with E-state index in [2.05, 4.69) is 27.7 Å². The van der Waals surface area contributed by atoms with Crippen molar-refractivity contribution in [2.24, 2.45) is 0 Å². The fourth-order valence-electron chi connectivity index (χ4n) is 3.44. The molecule has 0 aliphatic carbocycles. The lowest BCUT2D eigenvalue weighted by Crippen LogP contribution is -2.44. The molecule has 6 heteroatoms.